The van der Waals surface area contributed by atoms with Crippen LogP contribution in [0.2, 0.25) is 0 Å². The van der Waals surface area contributed by atoms with Crippen molar-refractivity contribution in [3.8, 4) is 40.2 Å². The lowest BCUT2D eigenvalue weighted by molar-refractivity contribution is 0.0438. The van der Waals surface area contributed by atoms with E-state index in [1.165, 1.54) is 28.4 Å². The third-order valence-electron chi connectivity index (χ3n) is 5.06. The number of hydrogen-bond acceptors (Lipinski definition) is 10. The molecule has 0 bridgehead atoms. The van der Waals surface area contributed by atoms with Crippen LogP contribution in [0.5, 0.6) is 28.7 Å². The van der Waals surface area contributed by atoms with Crippen LogP contribution in [0.4, 0.5) is 0 Å². The fourth-order valence-electron chi connectivity index (χ4n) is 3.16. The van der Waals surface area contributed by atoms with Gasteiger partial charge in [-0.3, -0.25) is 0 Å². The molecule has 0 unspecified atom stereocenters. The molecular weight excluding hydrogens is 456 g/mol. The monoisotopic (exact) mass is 486 g/mol. The van der Waals surface area contributed by atoms with Gasteiger partial charge < -0.3 is 32.8 Å². The quantitative estimate of drug-likeness (QED) is 0.338. The molecule has 1 aromatic heterocycles. The number of carbonyl (C=O) groups is 1. The lowest BCUT2D eigenvalue weighted by Gasteiger charge is -2.13. The molecular formula is C25H30N2O8. The maximum Gasteiger partial charge on any atom is 0.338 e. The summed E-state index contributed by atoms with van der Waals surface area (Å²) in [6.45, 7) is 4.60. The number of carbonyl (C=O) groups excluding carboxylic acids is 1. The summed E-state index contributed by atoms with van der Waals surface area (Å²) in [7, 11) is 6.06. The Bertz CT molecular complexity index is 1120. The molecule has 0 spiro atoms. The molecule has 10 heteroatoms. The van der Waals surface area contributed by atoms with Crippen molar-refractivity contribution in [2.75, 3.05) is 35.0 Å². The first-order valence-electron chi connectivity index (χ1n) is 11.0. The summed E-state index contributed by atoms with van der Waals surface area (Å²) >= 11 is 0. The summed E-state index contributed by atoms with van der Waals surface area (Å²) in [4.78, 5) is 12.6. The van der Waals surface area contributed by atoms with Crippen molar-refractivity contribution in [3.63, 3.8) is 0 Å². The van der Waals surface area contributed by atoms with Crippen molar-refractivity contribution in [1.29, 1.82) is 0 Å². The van der Waals surface area contributed by atoms with Crippen LogP contribution in [-0.4, -0.2) is 51.2 Å². The van der Waals surface area contributed by atoms with E-state index in [1.807, 2.05) is 0 Å². The highest BCUT2D eigenvalue weighted by Crippen LogP contribution is 2.40. The lowest BCUT2D eigenvalue weighted by Crippen LogP contribution is -2.07. The van der Waals surface area contributed by atoms with Gasteiger partial charge in [-0.15, -0.1) is 10.2 Å². The Morgan fingerprint density at radius 3 is 2.17 bits per heavy atom. The minimum absolute atomic E-state index is 0.128. The van der Waals surface area contributed by atoms with E-state index in [2.05, 4.69) is 24.0 Å². The summed E-state index contributed by atoms with van der Waals surface area (Å²) < 4.78 is 38.1. The lowest BCUT2D eigenvalue weighted by atomic mass is 10.1. The Hall–Kier alpha value is -3.95. The van der Waals surface area contributed by atoms with Crippen molar-refractivity contribution >= 4 is 5.97 Å². The molecule has 2 aromatic carbocycles. The Morgan fingerprint density at radius 1 is 0.886 bits per heavy atom. The number of benzene rings is 2. The average Bonchev–Trinajstić information content (AvgIpc) is 3.35. The van der Waals surface area contributed by atoms with Crippen LogP contribution in [0.25, 0.3) is 11.5 Å². The molecule has 188 valence electrons. The van der Waals surface area contributed by atoms with Gasteiger partial charge >= 0.3 is 5.97 Å². The molecule has 0 N–H and O–H groups in total. The third-order valence-corrected chi connectivity index (χ3v) is 5.06. The molecule has 3 aromatic rings. The van der Waals surface area contributed by atoms with E-state index in [4.69, 9.17) is 32.8 Å². The zero-order valence-electron chi connectivity index (χ0n) is 20.7. The second kappa shape index (κ2) is 12.0. The van der Waals surface area contributed by atoms with Crippen LogP contribution in [-0.2, 0) is 11.3 Å². The van der Waals surface area contributed by atoms with Gasteiger partial charge in [0.15, 0.2) is 29.6 Å². The standard InChI is InChI=1S/C25H30N2O8/c1-15(2)9-10-33-18-8-7-16(11-19(18)29-3)25(28)34-14-22-26-27-24(35-22)17-12-20(30-4)23(32-6)21(13-17)31-5/h7-8,11-13,15H,9-10,14H2,1-6H3. The number of ether oxygens (including phenoxy) is 6. The first-order valence-corrected chi connectivity index (χ1v) is 11.0. The van der Waals surface area contributed by atoms with Gasteiger partial charge in [0.25, 0.3) is 5.89 Å². The van der Waals surface area contributed by atoms with Gasteiger partial charge in [0.05, 0.1) is 40.6 Å². The molecule has 0 aliphatic heterocycles. The van der Waals surface area contributed by atoms with Crippen molar-refractivity contribution in [3.05, 3.63) is 41.8 Å². The van der Waals surface area contributed by atoms with Gasteiger partial charge in [-0.05, 0) is 42.7 Å². The predicted molar refractivity (Wildman–Crippen MR) is 126 cm³/mol. The van der Waals surface area contributed by atoms with Gasteiger partial charge in [-0.25, -0.2) is 4.79 Å². The SMILES string of the molecule is COc1cc(C(=O)OCc2nnc(-c3cc(OC)c(OC)c(OC)c3)o2)ccc1OCCC(C)C. The Kier molecular flexibility index (Phi) is 8.77. The van der Waals surface area contributed by atoms with Crippen LogP contribution >= 0.6 is 0 Å². The topological polar surface area (TPSA) is 111 Å². The van der Waals surface area contributed by atoms with E-state index in [0.717, 1.165) is 6.42 Å². The molecule has 35 heavy (non-hydrogen) atoms. The van der Waals surface area contributed by atoms with Gasteiger partial charge in [-0.2, -0.15) is 0 Å². The molecule has 0 amide bonds. The van der Waals surface area contributed by atoms with E-state index >= 15 is 0 Å². The number of aromatic nitrogens is 2. The van der Waals surface area contributed by atoms with Crippen molar-refractivity contribution in [2.24, 2.45) is 5.92 Å². The Morgan fingerprint density at radius 2 is 1.57 bits per heavy atom. The van der Waals surface area contributed by atoms with E-state index in [1.54, 1.807) is 30.3 Å². The zero-order chi connectivity index (χ0) is 25.4. The van der Waals surface area contributed by atoms with Crippen LogP contribution in [0.15, 0.2) is 34.7 Å². The number of nitrogens with zero attached hydrogens (tertiary/aromatic N) is 2. The summed E-state index contributed by atoms with van der Waals surface area (Å²) in [5.41, 5.74) is 0.866. The molecule has 3 rings (SSSR count). The Labute approximate surface area is 204 Å². The normalized spacial score (nSPS) is 10.7. The van der Waals surface area contributed by atoms with E-state index in [0.29, 0.717) is 52.4 Å². The van der Waals surface area contributed by atoms with Crippen LogP contribution in [0.1, 0.15) is 36.5 Å². The third kappa shape index (κ3) is 6.34. The maximum absolute atomic E-state index is 12.6. The second-order valence-electron chi connectivity index (χ2n) is 7.89. The molecule has 0 saturated carbocycles. The Balaban J connectivity index is 1.67. The molecule has 0 atom stereocenters. The number of methoxy groups -OCH3 is 4. The minimum Gasteiger partial charge on any atom is -0.493 e. The number of esters is 1. The van der Waals surface area contributed by atoms with E-state index in [9.17, 15) is 4.79 Å². The second-order valence-corrected chi connectivity index (χ2v) is 7.89. The fraction of sp³-hybridized carbons (Fsp3) is 0.400. The summed E-state index contributed by atoms with van der Waals surface area (Å²) in [5.74, 6) is 2.64. The number of rotatable bonds is 12. The van der Waals surface area contributed by atoms with Gasteiger partial charge in [0.2, 0.25) is 11.6 Å². The smallest absolute Gasteiger partial charge is 0.338 e. The van der Waals surface area contributed by atoms with Gasteiger partial charge in [0.1, 0.15) is 0 Å². The van der Waals surface area contributed by atoms with Crippen molar-refractivity contribution in [1.82, 2.24) is 10.2 Å². The molecule has 0 aliphatic carbocycles. The molecule has 0 saturated heterocycles. The minimum atomic E-state index is -0.565. The molecule has 1 heterocycles. The highest BCUT2D eigenvalue weighted by Gasteiger charge is 2.19. The highest BCUT2D eigenvalue weighted by atomic mass is 16.5. The van der Waals surface area contributed by atoms with E-state index in [-0.39, 0.29) is 18.4 Å². The molecule has 0 aliphatic rings. The first-order chi connectivity index (χ1) is 16.9. The summed E-state index contributed by atoms with van der Waals surface area (Å²) in [5, 5.41) is 7.98. The largest absolute Gasteiger partial charge is 0.493 e. The molecule has 10 nitrogen and oxygen atoms in total. The summed E-state index contributed by atoms with van der Waals surface area (Å²) in [6.07, 6.45) is 0.912. The summed E-state index contributed by atoms with van der Waals surface area (Å²) in [6, 6.07) is 8.24. The van der Waals surface area contributed by atoms with Crippen molar-refractivity contribution < 1.29 is 37.6 Å². The maximum atomic E-state index is 12.6. The van der Waals surface area contributed by atoms with Gasteiger partial charge in [0, 0.05) is 5.56 Å². The first kappa shape index (κ1) is 25.7. The highest BCUT2D eigenvalue weighted by molar-refractivity contribution is 5.90. The van der Waals surface area contributed by atoms with Crippen LogP contribution in [0.3, 0.4) is 0 Å². The predicted octanol–water partition coefficient (Wildman–Crippen LogP) is 4.55. The van der Waals surface area contributed by atoms with E-state index < -0.39 is 5.97 Å². The van der Waals surface area contributed by atoms with Crippen LogP contribution < -0.4 is 23.7 Å². The molecule has 0 radical (unpaired) electrons. The van der Waals surface area contributed by atoms with Gasteiger partial charge in [-0.1, -0.05) is 13.8 Å². The van der Waals surface area contributed by atoms with Crippen molar-refractivity contribution in [2.45, 2.75) is 26.9 Å². The zero-order valence-corrected chi connectivity index (χ0v) is 20.7. The molecule has 0 fully saturated rings. The van der Waals surface area contributed by atoms with Crippen LogP contribution in [0, 0.1) is 5.92 Å². The average molecular weight is 487 g/mol. The fourth-order valence-corrected chi connectivity index (χ4v) is 3.16. The number of hydrogen-bond donors (Lipinski definition) is 0.